The summed E-state index contributed by atoms with van der Waals surface area (Å²) in [4.78, 5) is 10.5. The Morgan fingerprint density at radius 2 is 2.16 bits per heavy atom. The quantitative estimate of drug-likeness (QED) is 0.692. The minimum absolute atomic E-state index is 0.0104. The van der Waals surface area contributed by atoms with Crippen LogP contribution in [0.15, 0.2) is 23.1 Å². The zero-order chi connectivity index (χ0) is 14.6. The summed E-state index contributed by atoms with van der Waals surface area (Å²) in [7, 11) is -4.14. The second-order valence-corrected chi connectivity index (χ2v) is 6.14. The van der Waals surface area contributed by atoms with Gasteiger partial charge in [-0.2, -0.15) is 17.4 Å². The number of hydrogen-bond donors (Lipinski definition) is 3. The number of sulfonamides is 1. The predicted molar refractivity (Wildman–Crippen MR) is 71.6 cm³/mol. The van der Waals surface area contributed by atoms with E-state index in [0.717, 1.165) is 18.2 Å². The topological polar surface area (TPSA) is 83.5 Å². The average molecular weight is 328 g/mol. The molecule has 1 unspecified atom stereocenters. The van der Waals surface area contributed by atoms with Crippen LogP contribution in [-0.2, 0) is 14.8 Å². The third-order valence-electron chi connectivity index (χ3n) is 2.20. The van der Waals surface area contributed by atoms with Crippen LogP contribution in [0.1, 0.15) is 6.42 Å². The van der Waals surface area contributed by atoms with Crippen molar-refractivity contribution in [2.45, 2.75) is 17.4 Å². The van der Waals surface area contributed by atoms with Crippen LogP contribution in [0.3, 0.4) is 0 Å². The number of carboxylic acids is 1. The maximum Gasteiger partial charge on any atom is 0.321 e. The van der Waals surface area contributed by atoms with Crippen LogP contribution in [-0.4, -0.2) is 31.3 Å². The molecule has 0 amide bonds. The molecule has 1 aromatic rings. The molecule has 2 N–H and O–H groups in total. The van der Waals surface area contributed by atoms with Crippen molar-refractivity contribution in [3.63, 3.8) is 0 Å². The van der Waals surface area contributed by atoms with Crippen molar-refractivity contribution in [2.24, 2.45) is 0 Å². The minimum Gasteiger partial charge on any atom is -0.480 e. The fraction of sp³-hybridized carbons (Fsp3) is 0.300. The molecule has 9 heteroatoms. The van der Waals surface area contributed by atoms with Crippen LogP contribution in [0.25, 0.3) is 0 Å². The van der Waals surface area contributed by atoms with Crippen molar-refractivity contribution < 1.29 is 22.7 Å². The van der Waals surface area contributed by atoms with E-state index in [2.05, 4.69) is 12.6 Å². The SMILES string of the molecule is O=C(O)C(CCS)NS(=O)(=O)c1ccc(F)cc1Cl. The van der Waals surface area contributed by atoms with Gasteiger partial charge in [0.05, 0.1) is 5.02 Å². The monoisotopic (exact) mass is 327 g/mol. The number of rotatable bonds is 6. The number of carboxylic acid groups (broad SMARTS) is 1. The van der Waals surface area contributed by atoms with Crippen molar-refractivity contribution in [3.8, 4) is 0 Å². The zero-order valence-corrected chi connectivity index (χ0v) is 12.0. The molecule has 1 atom stereocenters. The first-order valence-electron chi connectivity index (χ1n) is 5.09. The maximum absolute atomic E-state index is 12.8. The Labute approximate surface area is 120 Å². The maximum atomic E-state index is 12.8. The smallest absolute Gasteiger partial charge is 0.321 e. The highest BCUT2D eigenvalue weighted by atomic mass is 35.5. The molecule has 0 spiro atoms. The highest BCUT2D eigenvalue weighted by Gasteiger charge is 2.26. The number of halogens is 2. The lowest BCUT2D eigenvalue weighted by molar-refractivity contribution is -0.139. The number of nitrogens with one attached hydrogen (secondary N) is 1. The Bertz CT molecular complexity index is 579. The predicted octanol–water partition coefficient (Wildman–Crippen LogP) is 1.53. The van der Waals surface area contributed by atoms with E-state index >= 15 is 0 Å². The molecule has 106 valence electrons. The molecule has 0 aliphatic heterocycles. The van der Waals surface area contributed by atoms with Gasteiger partial charge in [0.25, 0.3) is 0 Å². The van der Waals surface area contributed by atoms with Gasteiger partial charge >= 0.3 is 5.97 Å². The molecule has 0 heterocycles. The van der Waals surface area contributed by atoms with Crippen LogP contribution in [0.2, 0.25) is 5.02 Å². The van der Waals surface area contributed by atoms with Crippen LogP contribution >= 0.6 is 24.2 Å². The molecule has 0 bridgehead atoms. The van der Waals surface area contributed by atoms with Gasteiger partial charge in [0.15, 0.2) is 0 Å². The first-order chi connectivity index (χ1) is 8.77. The van der Waals surface area contributed by atoms with Gasteiger partial charge in [0.2, 0.25) is 10.0 Å². The lowest BCUT2D eigenvalue weighted by Gasteiger charge is -2.14. The molecule has 0 saturated carbocycles. The largest absolute Gasteiger partial charge is 0.480 e. The number of aliphatic carboxylic acids is 1. The highest BCUT2D eigenvalue weighted by molar-refractivity contribution is 7.89. The number of thiol groups is 1. The zero-order valence-electron chi connectivity index (χ0n) is 9.51. The van der Waals surface area contributed by atoms with Gasteiger partial charge in [0, 0.05) is 0 Å². The first-order valence-corrected chi connectivity index (χ1v) is 7.58. The fourth-order valence-corrected chi connectivity index (χ4v) is 3.32. The lowest BCUT2D eigenvalue weighted by atomic mass is 10.2. The molecule has 0 saturated heterocycles. The second kappa shape index (κ2) is 6.56. The average Bonchev–Trinajstić information content (AvgIpc) is 2.27. The van der Waals surface area contributed by atoms with Gasteiger partial charge in [-0.1, -0.05) is 11.6 Å². The van der Waals surface area contributed by atoms with E-state index in [9.17, 15) is 17.6 Å². The highest BCUT2D eigenvalue weighted by Crippen LogP contribution is 2.22. The van der Waals surface area contributed by atoms with Gasteiger partial charge in [-0.05, 0) is 30.4 Å². The summed E-state index contributed by atoms with van der Waals surface area (Å²) in [5.41, 5.74) is 0. The van der Waals surface area contributed by atoms with Crippen molar-refractivity contribution in [1.29, 1.82) is 0 Å². The lowest BCUT2D eigenvalue weighted by Crippen LogP contribution is -2.41. The minimum atomic E-state index is -4.14. The van der Waals surface area contributed by atoms with Gasteiger partial charge < -0.3 is 5.11 Å². The standard InChI is InChI=1S/C10H11ClFNO4S2/c11-7-5-6(12)1-2-9(7)19(16,17)13-8(3-4-18)10(14)15/h1-2,5,8,13,18H,3-4H2,(H,14,15). The van der Waals surface area contributed by atoms with Gasteiger partial charge in [-0.3, -0.25) is 4.79 Å². The summed E-state index contributed by atoms with van der Waals surface area (Å²) < 4.78 is 38.7. The number of carbonyl (C=O) groups is 1. The molecule has 0 aliphatic carbocycles. The first kappa shape index (κ1) is 16.2. The summed E-state index contributed by atoms with van der Waals surface area (Å²) in [6.45, 7) is 0. The van der Waals surface area contributed by atoms with Crippen molar-refractivity contribution in [3.05, 3.63) is 29.0 Å². The van der Waals surface area contributed by atoms with E-state index in [4.69, 9.17) is 16.7 Å². The van der Waals surface area contributed by atoms with Gasteiger partial charge in [-0.15, -0.1) is 0 Å². The molecular formula is C10H11ClFNO4S2. The Morgan fingerprint density at radius 3 is 2.63 bits per heavy atom. The Morgan fingerprint density at radius 1 is 1.53 bits per heavy atom. The van der Waals surface area contributed by atoms with E-state index in [-0.39, 0.29) is 22.1 Å². The van der Waals surface area contributed by atoms with E-state index in [1.807, 2.05) is 4.72 Å². The van der Waals surface area contributed by atoms with Crippen molar-refractivity contribution >= 4 is 40.2 Å². The van der Waals surface area contributed by atoms with Crippen molar-refractivity contribution in [2.75, 3.05) is 5.75 Å². The van der Waals surface area contributed by atoms with E-state index < -0.39 is 27.9 Å². The molecule has 1 rings (SSSR count). The molecule has 0 aromatic heterocycles. The Hall–Kier alpha value is -0.830. The number of benzene rings is 1. The van der Waals surface area contributed by atoms with Crippen LogP contribution in [0.5, 0.6) is 0 Å². The Kier molecular flexibility index (Phi) is 5.60. The number of hydrogen-bond acceptors (Lipinski definition) is 4. The molecule has 5 nitrogen and oxygen atoms in total. The van der Waals surface area contributed by atoms with E-state index in [1.54, 1.807) is 0 Å². The molecule has 0 aliphatic rings. The summed E-state index contributed by atoms with van der Waals surface area (Å²) in [6.07, 6.45) is 0.0104. The Balaban J connectivity index is 3.06. The van der Waals surface area contributed by atoms with Crippen LogP contribution < -0.4 is 4.72 Å². The summed E-state index contributed by atoms with van der Waals surface area (Å²) in [5, 5.41) is 8.56. The molecule has 0 fully saturated rings. The van der Waals surface area contributed by atoms with E-state index in [0.29, 0.717) is 0 Å². The third-order valence-corrected chi connectivity index (χ3v) is 4.41. The summed E-state index contributed by atoms with van der Waals surface area (Å²) >= 11 is 9.48. The van der Waals surface area contributed by atoms with Crippen LogP contribution in [0, 0.1) is 5.82 Å². The second-order valence-electron chi connectivity index (χ2n) is 3.60. The summed E-state index contributed by atoms with van der Waals surface area (Å²) in [5.74, 6) is -1.82. The molecular weight excluding hydrogens is 317 g/mol. The van der Waals surface area contributed by atoms with E-state index in [1.165, 1.54) is 0 Å². The van der Waals surface area contributed by atoms with Gasteiger partial charge in [-0.25, -0.2) is 12.8 Å². The molecule has 1 aromatic carbocycles. The third kappa shape index (κ3) is 4.34. The van der Waals surface area contributed by atoms with Gasteiger partial charge in [0.1, 0.15) is 16.8 Å². The van der Waals surface area contributed by atoms with Crippen molar-refractivity contribution in [1.82, 2.24) is 4.72 Å². The normalized spacial score (nSPS) is 13.2. The van der Waals surface area contributed by atoms with Crippen LogP contribution in [0.4, 0.5) is 4.39 Å². The molecule has 0 radical (unpaired) electrons. The fourth-order valence-electron chi connectivity index (χ4n) is 1.31. The summed E-state index contributed by atoms with van der Waals surface area (Å²) in [6, 6.07) is 1.42. The molecule has 19 heavy (non-hydrogen) atoms.